The molecular weight excluding hydrogens is 238 g/mol. The van der Waals surface area contributed by atoms with E-state index in [1.54, 1.807) is 7.11 Å². The van der Waals surface area contributed by atoms with E-state index in [1.807, 2.05) is 32.9 Å². The minimum Gasteiger partial charge on any atom is -0.496 e. The summed E-state index contributed by atoms with van der Waals surface area (Å²) in [6, 6.07) is 6.21. The number of aromatic amines is 1. The van der Waals surface area contributed by atoms with Crippen molar-refractivity contribution in [2.24, 2.45) is 5.73 Å². The molecule has 3 N–H and O–H groups in total. The molecule has 1 unspecified atom stereocenters. The molecule has 0 spiro atoms. The molecule has 4 nitrogen and oxygen atoms in total. The lowest BCUT2D eigenvalue weighted by atomic mass is 10.1. The molecule has 102 valence electrons. The second-order valence-corrected chi connectivity index (χ2v) is 5.02. The Balaban J connectivity index is 2.36. The fourth-order valence-corrected chi connectivity index (χ4v) is 2.23. The molecule has 1 atom stereocenters. The highest BCUT2D eigenvalue weighted by molar-refractivity contribution is 5.64. The van der Waals surface area contributed by atoms with Gasteiger partial charge in [0.25, 0.3) is 0 Å². The third-order valence-electron chi connectivity index (χ3n) is 3.12. The van der Waals surface area contributed by atoms with E-state index in [0.717, 1.165) is 40.5 Å². The van der Waals surface area contributed by atoms with Gasteiger partial charge in [-0.25, -0.2) is 4.98 Å². The van der Waals surface area contributed by atoms with Gasteiger partial charge in [-0.1, -0.05) is 0 Å². The van der Waals surface area contributed by atoms with E-state index in [9.17, 15) is 0 Å². The molecule has 0 aliphatic rings. The van der Waals surface area contributed by atoms with E-state index in [-0.39, 0.29) is 6.04 Å². The fraction of sp³-hybridized carbons (Fsp3) is 0.400. The highest BCUT2D eigenvalue weighted by Crippen LogP contribution is 2.27. The van der Waals surface area contributed by atoms with Crippen molar-refractivity contribution >= 4 is 0 Å². The van der Waals surface area contributed by atoms with E-state index in [2.05, 4.69) is 16.0 Å². The number of nitrogens with two attached hydrogens (primary N) is 1. The van der Waals surface area contributed by atoms with Gasteiger partial charge in [-0.15, -0.1) is 0 Å². The van der Waals surface area contributed by atoms with Crippen molar-refractivity contribution in [3.63, 3.8) is 0 Å². The lowest BCUT2D eigenvalue weighted by molar-refractivity contribution is 0.412. The van der Waals surface area contributed by atoms with Gasteiger partial charge < -0.3 is 15.5 Å². The Hall–Kier alpha value is -1.81. The average molecular weight is 259 g/mol. The molecule has 0 saturated carbocycles. The molecule has 2 aromatic rings. The van der Waals surface area contributed by atoms with Crippen LogP contribution in [0.5, 0.6) is 5.75 Å². The SMILES string of the molecule is COc1ccc(-c2nc(CC(C)N)[nH]c2C)cc1C. The first kappa shape index (κ1) is 13.6. The van der Waals surface area contributed by atoms with Crippen LogP contribution in [-0.4, -0.2) is 23.1 Å². The summed E-state index contributed by atoms with van der Waals surface area (Å²) in [7, 11) is 1.68. The van der Waals surface area contributed by atoms with Crippen LogP contribution in [0.15, 0.2) is 18.2 Å². The normalized spacial score (nSPS) is 12.5. The summed E-state index contributed by atoms with van der Waals surface area (Å²) in [6.07, 6.45) is 0.760. The number of nitrogens with zero attached hydrogens (tertiary/aromatic N) is 1. The predicted octanol–water partition coefficient (Wildman–Crippen LogP) is 2.59. The summed E-state index contributed by atoms with van der Waals surface area (Å²) in [5, 5.41) is 0. The summed E-state index contributed by atoms with van der Waals surface area (Å²) in [4.78, 5) is 7.94. The van der Waals surface area contributed by atoms with E-state index in [4.69, 9.17) is 10.5 Å². The molecule has 0 aliphatic heterocycles. The first-order chi connectivity index (χ1) is 9.01. The highest BCUT2D eigenvalue weighted by atomic mass is 16.5. The number of hydrogen-bond acceptors (Lipinski definition) is 3. The first-order valence-corrected chi connectivity index (χ1v) is 6.47. The van der Waals surface area contributed by atoms with Crippen LogP contribution in [0, 0.1) is 13.8 Å². The summed E-state index contributed by atoms with van der Waals surface area (Å²) in [5.74, 6) is 1.84. The van der Waals surface area contributed by atoms with Crippen molar-refractivity contribution < 1.29 is 4.74 Å². The maximum absolute atomic E-state index is 5.81. The maximum atomic E-state index is 5.81. The summed E-state index contributed by atoms with van der Waals surface area (Å²) >= 11 is 0. The number of methoxy groups -OCH3 is 1. The van der Waals surface area contributed by atoms with Crippen molar-refractivity contribution in [1.29, 1.82) is 0 Å². The van der Waals surface area contributed by atoms with Gasteiger partial charge in [0.05, 0.1) is 12.8 Å². The summed E-state index contributed by atoms with van der Waals surface area (Å²) in [5.41, 5.74) is 10.1. The molecule has 1 aromatic heterocycles. The van der Waals surface area contributed by atoms with Crippen molar-refractivity contribution in [3.8, 4) is 17.0 Å². The summed E-state index contributed by atoms with van der Waals surface area (Å²) in [6.45, 7) is 6.05. The van der Waals surface area contributed by atoms with Gasteiger partial charge in [0.15, 0.2) is 0 Å². The number of ether oxygens (including phenoxy) is 1. The average Bonchev–Trinajstić information content (AvgIpc) is 2.69. The fourth-order valence-electron chi connectivity index (χ4n) is 2.23. The quantitative estimate of drug-likeness (QED) is 0.887. The monoisotopic (exact) mass is 259 g/mol. The smallest absolute Gasteiger partial charge is 0.121 e. The van der Waals surface area contributed by atoms with E-state index < -0.39 is 0 Å². The van der Waals surface area contributed by atoms with Gasteiger partial charge in [0.1, 0.15) is 11.6 Å². The molecule has 1 aromatic carbocycles. The van der Waals surface area contributed by atoms with Crippen molar-refractivity contribution in [1.82, 2.24) is 9.97 Å². The zero-order valence-corrected chi connectivity index (χ0v) is 11.9. The Morgan fingerprint density at radius 3 is 2.68 bits per heavy atom. The first-order valence-electron chi connectivity index (χ1n) is 6.47. The zero-order valence-electron chi connectivity index (χ0n) is 11.9. The Kier molecular flexibility index (Phi) is 3.90. The topological polar surface area (TPSA) is 63.9 Å². The number of imidazole rings is 1. The Morgan fingerprint density at radius 1 is 1.37 bits per heavy atom. The minimum atomic E-state index is 0.107. The third-order valence-corrected chi connectivity index (χ3v) is 3.12. The molecule has 0 bridgehead atoms. The third kappa shape index (κ3) is 2.96. The van der Waals surface area contributed by atoms with E-state index in [1.165, 1.54) is 0 Å². The number of nitrogens with one attached hydrogen (secondary N) is 1. The number of aromatic nitrogens is 2. The molecule has 0 amide bonds. The van der Waals surface area contributed by atoms with Crippen LogP contribution in [0.2, 0.25) is 0 Å². The van der Waals surface area contributed by atoms with Crippen molar-refractivity contribution in [3.05, 3.63) is 35.3 Å². The lowest BCUT2D eigenvalue weighted by Crippen LogP contribution is -2.18. The Labute approximate surface area is 114 Å². The van der Waals surface area contributed by atoms with Gasteiger partial charge in [0.2, 0.25) is 0 Å². The van der Waals surface area contributed by atoms with Crippen LogP contribution in [-0.2, 0) is 6.42 Å². The minimum absolute atomic E-state index is 0.107. The van der Waals surface area contributed by atoms with Crippen LogP contribution in [0.25, 0.3) is 11.3 Å². The molecule has 0 radical (unpaired) electrons. The number of H-pyrrole nitrogens is 1. The van der Waals surface area contributed by atoms with E-state index in [0.29, 0.717) is 0 Å². The predicted molar refractivity (Wildman–Crippen MR) is 77.4 cm³/mol. The van der Waals surface area contributed by atoms with Crippen molar-refractivity contribution in [2.75, 3.05) is 7.11 Å². The molecular formula is C15H21N3O. The largest absolute Gasteiger partial charge is 0.496 e. The van der Waals surface area contributed by atoms with Crippen LogP contribution < -0.4 is 10.5 Å². The molecule has 4 heteroatoms. The Bertz CT molecular complexity index is 573. The van der Waals surface area contributed by atoms with E-state index >= 15 is 0 Å². The van der Waals surface area contributed by atoms with Crippen LogP contribution >= 0.6 is 0 Å². The molecule has 2 rings (SSSR count). The van der Waals surface area contributed by atoms with Crippen LogP contribution in [0.1, 0.15) is 24.0 Å². The number of rotatable bonds is 4. The number of benzene rings is 1. The van der Waals surface area contributed by atoms with Crippen LogP contribution in [0.3, 0.4) is 0 Å². The summed E-state index contributed by atoms with van der Waals surface area (Å²) < 4.78 is 5.28. The van der Waals surface area contributed by atoms with Crippen LogP contribution in [0.4, 0.5) is 0 Å². The molecule has 19 heavy (non-hydrogen) atoms. The molecule has 0 fully saturated rings. The second kappa shape index (κ2) is 5.45. The van der Waals surface area contributed by atoms with Gasteiger partial charge in [-0.3, -0.25) is 0 Å². The molecule has 1 heterocycles. The number of aryl methyl sites for hydroxylation is 2. The van der Waals surface area contributed by atoms with Gasteiger partial charge in [-0.2, -0.15) is 0 Å². The zero-order chi connectivity index (χ0) is 14.0. The Morgan fingerprint density at radius 2 is 2.11 bits per heavy atom. The van der Waals surface area contributed by atoms with Crippen molar-refractivity contribution in [2.45, 2.75) is 33.2 Å². The maximum Gasteiger partial charge on any atom is 0.121 e. The standard InChI is InChI=1S/C15H21N3O/c1-9-7-12(5-6-13(9)19-4)15-11(3)17-14(18-15)8-10(2)16/h5-7,10H,8,16H2,1-4H3,(H,17,18). The van der Waals surface area contributed by atoms with Gasteiger partial charge in [-0.05, 0) is 44.5 Å². The van der Waals surface area contributed by atoms with Gasteiger partial charge in [0, 0.05) is 23.7 Å². The highest BCUT2D eigenvalue weighted by Gasteiger charge is 2.11. The molecule has 0 saturated heterocycles. The lowest BCUT2D eigenvalue weighted by Gasteiger charge is -2.06. The van der Waals surface area contributed by atoms with Gasteiger partial charge >= 0.3 is 0 Å². The second-order valence-electron chi connectivity index (χ2n) is 5.02. The number of hydrogen-bond donors (Lipinski definition) is 2. The molecule has 0 aliphatic carbocycles.